The van der Waals surface area contributed by atoms with E-state index in [9.17, 15) is 0 Å². The third-order valence-corrected chi connectivity index (χ3v) is 1.24. The summed E-state index contributed by atoms with van der Waals surface area (Å²) in [6, 6.07) is 0. The summed E-state index contributed by atoms with van der Waals surface area (Å²) >= 11 is 0. The van der Waals surface area contributed by atoms with Crippen molar-refractivity contribution in [3.05, 3.63) is 24.3 Å². The van der Waals surface area contributed by atoms with Crippen LogP contribution in [0.25, 0.3) is 0 Å². The Morgan fingerprint density at radius 3 is 2.75 bits per heavy atom. The van der Waals surface area contributed by atoms with Gasteiger partial charge < -0.3 is 4.74 Å². The first-order chi connectivity index (χ1) is 3.93. The lowest BCUT2D eigenvalue weighted by Gasteiger charge is -2.08. The second-order valence-corrected chi connectivity index (χ2v) is 1.82. The Hall–Kier alpha value is -0.560. The lowest BCUT2D eigenvalue weighted by molar-refractivity contribution is 0.142. The van der Waals surface area contributed by atoms with Crippen molar-refractivity contribution >= 4 is 0 Å². The number of allylic oxidation sites excluding steroid dienone is 2. The SMILES string of the molecule is COC1C=CC=CC1. The van der Waals surface area contributed by atoms with Crippen LogP contribution >= 0.6 is 0 Å². The highest BCUT2D eigenvalue weighted by molar-refractivity contribution is 5.11. The molecule has 0 aliphatic heterocycles. The van der Waals surface area contributed by atoms with Crippen molar-refractivity contribution in [1.29, 1.82) is 0 Å². The lowest BCUT2D eigenvalue weighted by Crippen LogP contribution is -2.05. The predicted molar refractivity (Wildman–Crippen MR) is 33.7 cm³/mol. The Bertz CT molecular complexity index is 114. The zero-order valence-electron chi connectivity index (χ0n) is 5.00. The van der Waals surface area contributed by atoms with E-state index in [2.05, 4.69) is 12.2 Å². The minimum atomic E-state index is 0.319. The molecular formula is C7H10O. The van der Waals surface area contributed by atoms with Gasteiger partial charge in [-0.2, -0.15) is 0 Å². The van der Waals surface area contributed by atoms with Gasteiger partial charge in [0, 0.05) is 7.11 Å². The summed E-state index contributed by atoms with van der Waals surface area (Å²) in [6.45, 7) is 0. The normalized spacial score (nSPS) is 26.4. The maximum absolute atomic E-state index is 5.05. The van der Waals surface area contributed by atoms with Crippen LogP contribution in [0.3, 0.4) is 0 Å². The van der Waals surface area contributed by atoms with Gasteiger partial charge in [0.15, 0.2) is 0 Å². The largest absolute Gasteiger partial charge is 0.377 e. The summed E-state index contributed by atoms with van der Waals surface area (Å²) in [5, 5.41) is 0. The number of hydrogen-bond acceptors (Lipinski definition) is 1. The van der Waals surface area contributed by atoms with Crippen molar-refractivity contribution in [3.63, 3.8) is 0 Å². The quantitative estimate of drug-likeness (QED) is 0.497. The van der Waals surface area contributed by atoms with Gasteiger partial charge in [-0.05, 0) is 6.42 Å². The molecule has 1 rings (SSSR count). The molecule has 0 radical (unpaired) electrons. The maximum atomic E-state index is 5.05. The van der Waals surface area contributed by atoms with Gasteiger partial charge in [-0.1, -0.05) is 24.3 Å². The van der Waals surface area contributed by atoms with Gasteiger partial charge in [-0.3, -0.25) is 0 Å². The molecule has 0 fully saturated rings. The highest BCUT2D eigenvalue weighted by atomic mass is 16.5. The lowest BCUT2D eigenvalue weighted by atomic mass is 10.1. The van der Waals surface area contributed by atoms with E-state index in [-0.39, 0.29) is 0 Å². The van der Waals surface area contributed by atoms with E-state index in [0.717, 1.165) is 6.42 Å². The number of hydrogen-bond donors (Lipinski definition) is 0. The Kier molecular flexibility index (Phi) is 1.86. The summed E-state index contributed by atoms with van der Waals surface area (Å²) in [7, 11) is 1.73. The minimum absolute atomic E-state index is 0.319. The molecule has 1 atom stereocenters. The highest BCUT2D eigenvalue weighted by Crippen LogP contribution is 2.04. The average molecular weight is 110 g/mol. The van der Waals surface area contributed by atoms with Crippen molar-refractivity contribution in [2.75, 3.05) is 7.11 Å². The van der Waals surface area contributed by atoms with Gasteiger partial charge in [0.25, 0.3) is 0 Å². The van der Waals surface area contributed by atoms with Gasteiger partial charge in [0.2, 0.25) is 0 Å². The van der Waals surface area contributed by atoms with Crippen molar-refractivity contribution < 1.29 is 4.74 Å². The van der Waals surface area contributed by atoms with Gasteiger partial charge >= 0.3 is 0 Å². The molecule has 1 heteroatoms. The van der Waals surface area contributed by atoms with Crippen molar-refractivity contribution in [2.24, 2.45) is 0 Å². The Balaban J connectivity index is 2.40. The topological polar surface area (TPSA) is 9.23 Å². The smallest absolute Gasteiger partial charge is 0.0789 e. The first-order valence-corrected chi connectivity index (χ1v) is 2.79. The molecule has 1 aliphatic rings. The molecule has 0 aromatic rings. The molecule has 0 saturated carbocycles. The van der Waals surface area contributed by atoms with Crippen molar-refractivity contribution in [3.8, 4) is 0 Å². The Labute approximate surface area is 49.7 Å². The molecule has 0 bridgehead atoms. The predicted octanol–water partition coefficient (Wildman–Crippen LogP) is 1.52. The summed E-state index contributed by atoms with van der Waals surface area (Å²) in [5.41, 5.74) is 0. The zero-order valence-corrected chi connectivity index (χ0v) is 5.00. The van der Waals surface area contributed by atoms with E-state index < -0.39 is 0 Å². The standard InChI is InChI=1S/C7H10O/c1-8-7-5-3-2-4-6-7/h2-5,7H,6H2,1H3. The van der Waals surface area contributed by atoms with Crippen LogP contribution in [0.4, 0.5) is 0 Å². The maximum Gasteiger partial charge on any atom is 0.0789 e. The van der Waals surface area contributed by atoms with Crippen molar-refractivity contribution in [1.82, 2.24) is 0 Å². The third kappa shape index (κ3) is 1.20. The van der Waals surface area contributed by atoms with Crippen LogP contribution in [-0.2, 0) is 4.74 Å². The molecular weight excluding hydrogens is 100 g/mol. The molecule has 1 unspecified atom stereocenters. The fourth-order valence-corrected chi connectivity index (χ4v) is 0.733. The van der Waals surface area contributed by atoms with Crippen LogP contribution < -0.4 is 0 Å². The molecule has 0 aromatic heterocycles. The molecule has 0 spiro atoms. The van der Waals surface area contributed by atoms with E-state index in [1.165, 1.54) is 0 Å². The molecule has 8 heavy (non-hydrogen) atoms. The van der Waals surface area contributed by atoms with E-state index in [1.807, 2.05) is 12.2 Å². The number of rotatable bonds is 1. The summed E-state index contributed by atoms with van der Waals surface area (Å²) < 4.78 is 5.05. The number of methoxy groups -OCH3 is 1. The number of ether oxygens (including phenoxy) is 1. The molecule has 0 saturated heterocycles. The minimum Gasteiger partial charge on any atom is -0.377 e. The van der Waals surface area contributed by atoms with Gasteiger partial charge in [-0.25, -0.2) is 0 Å². The van der Waals surface area contributed by atoms with Crippen LogP contribution in [0.5, 0.6) is 0 Å². The van der Waals surface area contributed by atoms with Gasteiger partial charge in [-0.15, -0.1) is 0 Å². The Morgan fingerprint density at radius 2 is 2.38 bits per heavy atom. The fraction of sp³-hybridized carbons (Fsp3) is 0.429. The molecule has 44 valence electrons. The van der Waals surface area contributed by atoms with Crippen LogP contribution in [0.1, 0.15) is 6.42 Å². The van der Waals surface area contributed by atoms with Gasteiger partial charge in [0.1, 0.15) is 0 Å². The first kappa shape index (κ1) is 5.57. The molecule has 1 nitrogen and oxygen atoms in total. The summed E-state index contributed by atoms with van der Waals surface area (Å²) in [6.07, 6.45) is 9.55. The van der Waals surface area contributed by atoms with Crippen LogP contribution in [0.15, 0.2) is 24.3 Å². The fourth-order valence-electron chi connectivity index (χ4n) is 0.733. The summed E-state index contributed by atoms with van der Waals surface area (Å²) in [5.74, 6) is 0. The second kappa shape index (κ2) is 2.68. The van der Waals surface area contributed by atoms with E-state index in [1.54, 1.807) is 7.11 Å². The molecule has 1 aliphatic carbocycles. The molecule has 0 N–H and O–H groups in total. The average Bonchev–Trinajstić information content (AvgIpc) is 1.90. The summed E-state index contributed by atoms with van der Waals surface area (Å²) in [4.78, 5) is 0. The second-order valence-electron chi connectivity index (χ2n) is 1.82. The highest BCUT2D eigenvalue weighted by Gasteiger charge is 1.99. The monoisotopic (exact) mass is 110 g/mol. The molecule has 0 amide bonds. The van der Waals surface area contributed by atoms with E-state index in [0.29, 0.717) is 6.10 Å². The zero-order chi connectivity index (χ0) is 5.82. The third-order valence-electron chi connectivity index (χ3n) is 1.24. The molecule has 0 heterocycles. The van der Waals surface area contributed by atoms with Gasteiger partial charge in [0.05, 0.1) is 6.10 Å². The van der Waals surface area contributed by atoms with Crippen LogP contribution in [-0.4, -0.2) is 13.2 Å². The van der Waals surface area contributed by atoms with Crippen molar-refractivity contribution in [2.45, 2.75) is 12.5 Å². The van der Waals surface area contributed by atoms with Crippen LogP contribution in [0.2, 0.25) is 0 Å². The van der Waals surface area contributed by atoms with E-state index >= 15 is 0 Å². The first-order valence-electron chi connectivity index (χ1n) is 2.79. The van der Waals surface area contributed by atoms with Crippen LogP contribution in [0, 0.1) is 0 Å². The molecule has 0 aromatic carbocycles. The van der Waals surface area contributed by atoms with E-state index in [4.69, 9.17) is 4.74 Å². The Morgan fingerprint density at radius 1 is 1.50 bits per heavy atom.